The van der Waals surface area contributed by atoms with Gasteiger partial charge in [0.25, 0.3) is 0 Å². The van der Waals surface area contributed by atoms with Gasteiger partial charge in [-0.05, 0) is 39.2 Å². The second-order valence-electron chi connectivity index (χ2n) is 7.16. The second kappa shape index (κ2) is 5.10. The number of imidazole rings is 1. The van der Waals surface area contributed by atoms with Crippen LogP contribution in [0.2, 0.25) is 0 Å². The number of nitrogens with zero attached hydrogens (tertiary/aromatic N) is 3. The van der Waals surface area contributed by atoms with Gasteiger partial charge in [-0.1, -0.05) is 19.8 Å². The van der Waals surface area contributed by atoms with Crippen LogP contribution in [0.5, 0.6) is 0 Å². The molecule has 2 aliphatic rings. The Morgan fingerprint density at radius 3 is 2.90 bits per heavy atom. The Bertz CT molecular complexity index is 638. The minimum atomic E-state index is 0.227. The van der Waals surface area contributed by atoms with E-state index in [1.165, 1.54) is 62.1 Å². The molecule has 4 heteroatoms. The van der Waals surface area contributed by atoms with Crippen LogP contribution in [0.3, 0.4) is 0 Å². The molecule has 1 atom stereocenters. The average molecular weight is 303 g/mol. The van der Waals surface area contributed by atoms with Crippen LogP contribution in [0.4, 0.5) is 0 Å². The molecule has 114 valence electrons. The number of fused-ring (bicyclic) bond motifs is 1. The number of aromatic nitrogens is 2. The van der Waals surface area contributed by atoms with E-state index < -0.39 is 0 Å². The van der Waals surface area contributed by atoms with Gasteiger partial charge in [-0.15, -0.1) is 11.3 Å². The molecule has 0 radical (unpaired) electrons. The first-order chi connectivity index (χ1) is 10.2. The molecule has 0 spiro atoms. The molecular formula is C17H25N3S. The maximum atomic E-state index is 4.95. The van der Waals surface area contributed by atoms with Crippen molar-refractivity contribution in [1.29, 1.82) is 0 Å². The van der Waals surface area contributed by atoms with Crippen LogP contribution in [0, 0.1) is 6.92 Å². The fraction of sp³-hybridized carbons (Fsp3) is 0.706. The number of thiazole rings is 1. The quantitative estimate of drug-likeness (QED) is 0.836. The second-order valence-corrected chi connectivity index (χ2v) is 8.05. The van der Waals surface area contributed by atoms with Crippen molar-refractivity contribution in [1.82, 2.24) is 14.3 Å². The van der Waals surface area contributed by atoms with Crippen molar-refractivity contribution in [2.75, 3.05) is 13.1 Å². The van der Waals surface area contributed by atoms with Crippen LogP contribution in [0.15, 0.2) is 11.6 Å². The first kappa shape index (κ1) is 13.8. The predicted molar refractivity (Wildman–Crippen MR) is 88.2 cm³/mol. The van der Waals surface area contributed by atoms with E-state index in [4.69, 9.17) is 4.98 Å². The summed E-state index contributed by atoms with van der Waals surface area (Å²) in [5.74, 6) is 1.14. The topological polar surface area (TPSA) is 20.5 Å². The van der Waals surface area contributed by atoms with Crippen molar-refractivity contribution in [3.63, 3.8) is 0 Å². The van der Waals surface area contributed by atoms with Crippen molar-refractivity contribution in [3.05, 3.63) is 23.1 Å². The largest absolute Gasteiger partial charge is 0.299 e. The summed E-state index contributed by atoms with van der Waals surface area (Å²) in [5.41, 5.74) is 1.57. The molecule has 0 N–H and O–H groups in total. The highest BCUT2D eigenvalue weighted by atomic mass is 32.1. The van der Waals surface area contributed by atoms with Crippen LogP contribution in [-0.2, 0) is 5.41 Å². The zero-order valence-electron chi connectivity index (χ0n) is 13.1. The van der Waals surface area contributed by atoms with Crippen LogP contribution in [-0.4, -0.2) is 33.4 Å². The normalized spacial score (nSPS) is 28.7. The lowest BCUT2D eigenvalue weighted by atomic mass is 9.78. The molecule has 1 unspecified atom stereocenters. The number of hydrogen-bond donors (Lipinski definition) is 0. The zero-order valence-corrected chi connectivity index (χ0v) is 14.0. The third-order valence-corrected chi connectivity index (χ3v) is 6.44. The van der Waals surface area contributed by atoms with Gasteiger partial charge in [0.1, 0.15) is 10.7 Å². The van der Waals surface area contributed by atoms with E-state index in [1.807, 2.05) is 11.3 Å². The van der Waals surface area contributed by atoms with Crippen LogP contribution in [0.25, 0.3) is 4.83 Å². The first-order valence-electron chi connectivity index (χ1n) is 8.34. The summed E-state index contributed by atoms with van der Waals surface area (Å²) in [6.45, 7) is 7.06. The SMILES string of the molecule is Cc1nc(C2(C)CCCN(C3CCCC3)C2)c2sccn12. The molecule has 2 aromatic heterocycles. The number of rotatable bonds is 2. The summed E-state index contributed by atoms with van der Waals surface area (Å²) in [5, 5.41) is 2.19. The Hall–Kier alpha value is -0.870. The van der Waals surface area contributed by atoms with Crippen LogP contribution in [0.1, 0.15) is 57.0 Å². The fourth-order valence-corrected chi connectivity index (χ4v) is 5.44. The van der Waals surface area contributed by atoms with Crippen molar-refractivity contribution in [2.24, 2.45) is 0 Å². The first-order valence-corrected chi connectivity index (χ1v) is 9.22. The van der Waals surface area contributed by atoms with Crippen LogP contribution >= 0.6 is 11.3 Å². The standard InChI is InChI=1S/C17H25N3S/c1-13-18-15(16-20(13)10-11-21-16)17(2)8-5-9-19(12-17)14-6-3-4-7-14/h10-11,14H,3-9,12H2,1-2H3. The minimum absolute atomic E-state index is 0.227. The number of piperidine rings is 1. The highest BCUT2D eigenvalue weighted by molar-refractivity contribution is 7.15. The Balaban J connectivity index is 1.67. The van der Waals surface area contributed by atoms with Crippen molar-refractivity contribution >= 4 is 16.2 Å². The molecule has 1 saturated heterocycles. The van der Waals surface area contributed by atoms with E-state index in [0.29, 0.717) is 0 Å². The Morgan fingerprint density at radius 2 is 2.10 bits per heavy atom. The van der Waals surface area contributed by atoms with Crippen molar-refractivity contribution in [3.8, 4) is 0 Å². The molecule has 1 aliphatic carbocycles. The van der Waals surface area contributed by atoms with Crippen molar-refractivity contribution in [2.45, 2.75) is 63.8 Å². The van der Waals surface area contributed by atoms with E-state index in [0.717, 1.165) is 11.9 Å². The fourth-order valence-electron chi connectivity index (χ4n) is 4.41. The summed E-state index contributed by atoms with van der Waals surface area (Å²) >= 11 is 1.84. The van der Waals surface area contributed by atoms with Gasteiger partial charge >= 0.3 is 0 Å². The molecule has 3 heterocycles. The summed E-state index contributed by atoms with van der Waals surface area (Å²) in [6, 6.07) is 0.840. The van der Waals surface area contributed by atoms with Crippen molar-refractivity contribution < 1.29 is 0 Å². The van der Waals surface area contributed by atoms with E-state index in [2.05, 4.69) is 34.7 Å². The van der Waals surface area contributed by atoms with Gasteiger partial charge in [0, 0.05) is 29.6 Å². The van der Waals surface area contributed by atoms with Gasteiger partial charge in [-0.3, -0.25) is 9.30 Å². The minimum Gasteiger partial charge on any atom is -0.299 e. The van der Waals surface area contributed by atoms with E-state index in [-0.39, 0.29) is 5.41 Å². The number of hydrogen-bond acceptors (Lipinski definition) is 3. The molecule has 3 nitrogen and oxygen atoms in total. The lowest BCUT2D eigenvalue weighted by Gasteiger charge is -2.42. The maximum absolute atomic E-state index is 4.95. The van der Waals surface area contributed by atoms with Gasteiger partial charge in [-0.2, -0.15) is 0 Å². The molecule has 1 aliphatic heterocycles. The molecular weight excluding hydrogens is 278 g/mol. The van der Waals surface area contributed by atoms with Gasteiger partial charge in [-0.25, -0.2) is 4.98 Å². The van der Waals surface area contributed by atoms with Gasteiger partial charge < -0.3 is 0 Å². The third-order valence-electron chi connectivity index (χ3n) is 5.57. The Kier molecular flexibility index (Phi) is 3.34. The molecule has 0 amide bonds. The molecule has 21 heavy (non-hydrogen) atoms. The van der Waals surface area contributed by atoms with Gasteiger partial charge in [0.05, 0.1) is 5.69 Å². The number of aryl methyl sites for hydroxylation is 1. The van der Waals surface area contributed by atoms with E-state index in [9.17, 15) is 0 Å². The zero-order chi connectivity index (χ0) is 14.4. The predicted octanol–water partition coefficient (Wildman–Crippen LogP) is 4.00. The molecule has 2 aromatic rings. The lowest BCUT2D eigenvalue weighted by Crippen LogP contribution is -2.48. The molecule has 4 rings (SSSR count). The average Bonchev–Trinajstić information content (AvgIpc) is 3.17. The summed E-state index contributed by atoms with van der Waals surface area (Å²) in [7, 11) is 0. The number of likely N-dealkylation sites (tertiary alicyclic amines) is 1. The van der Waals surface area contributed by atoms with Gasteiger partial charge in [0.2, 0.25) is 0 Å². The van der Waals surface area contributed by atoms with E-state index in [1.54, 1.807) is 0 Å². The third kappa shape index (κ3) is 2.23. The monoisotopic (exact) mass is 303 g/mol. The Labute approximate surface area is 131 Å². The molecule has 0 aromatic carbocycles. The highest BCUT2D eigenvalue weighted by Crippen LogP contribution is 2.39. The highest BCUT2D eigenvalue weighted by Gasteiger charge is 2.39. The maximum Gasteiger partial charge on any atom is 0.123 e. The summed E-state index contributed by atoms with van der Waals surface area (Å²) in [4.78, 5) is 9.09. The summed E-state index contributed by atoms with van der Waals surface area (Å²) < 4.78 is 2.26. The van der Waals surface area contributed by atoms with Gasteiger partial charge in [0.15, 0.2) is 0 Å². The molecule has 2 fully saturated rings. The lowest BCUT2D eigenvalue weighted by molar-refractivity contribution is 0.110. The van der Waals surface area contributed by atoms with Crippen LogP contribution < -0.4 is 0 Å². The van der Waals surface area contributed by atoms with E-state index >= 15 is 0 Å². The molecule has 1 saturated carbocycles. The smallest absolute Gasteiger partial charge is 0.123 e. The Morgan fingerprint density at radius 1 is 1.29 bits per heavy atom. The summed E-state index contributed by atoms with van der Waals surface area (Å²) in [6.07, 6.45) is 10.4. The molecule has 0 bridgehead atoms.